The van der Waals surface area contributed by atoms with Crippen LogP contribution in [0.1, 0.15) is 59.8 Å². The van der Waals surface area contributed by atoms with Crippen LogP contribution in [0.3, 0.4) is 0 Å². The van der Waals surface area contributed by atoms with Gasteiger partial charge in [-0.25, -0.2) is 0 Å². The van der Waals surface area contributed by atoms with Crippen LogP contribution in [-0.2, 0) is 18.7 Å². The fourth-order valence-electron chi connectivity index (χ4n) is 4.10. The molecule has 0 saturated carbocycles. The highest BCUT2D eigenvalue weighted by atomic mass is 28.4. The van der Waals surface area contributed by atoms with Gasteiger partial charge in [0.1, 0.15) is 6.61 Å². The lowest BCUT2D eigenvalue weighted by Crippen LogP contribution is -2.66. The number of ether oxygens (including phenoxy) is 2. The Morgan fingerprint density at radius 3 is 1.88 bits per heavy atom. The Balaban J connectivity index is 1.90. The second kappa shape index (κ2) is 13.6. The van der Waals surface area contributed by atoms with Gasteiger partial charge < -0.3 is 13.9 Å². The second-order valence-corrected chi connectivity index (χ2v) is 13.5. The molecular weight excluding hydrogens is 416 g/mol. The molecule has 0 atom stereocenters. The van der Waals surface area contributed by atoms with Gasteiger partial charge in [0.2, 0.25) is 0 Å². The summed E-state index contributed by atoms with van der Waals surface area (Å²) in [6, 6.07) is 21.2. The van der Waals surface area contributed by atoms with E-state index in [0.29, 0.717) is 32.8 Å². The normalized spacial score (nSPS) is 12.0. The van der Waals surface area contributed by atoms with E-state index in [1.807, 2.05) is 12.1 Å². The Bertz CT molecular complexity index is 732. The van der Waals surface area contributed by atoms with Crippen LogP contribution in [0.15, 0.2) is 60.7 Å². The Labute approximate surface area is 195 Å². The summed E-state index contributed by atoms with van der Waals surface area (Å²) >= 11 is 0. The number of carbonyl (C=O) groups is 1. The van der Waals surface area contributed by atoms with E-state index in [2.05, 4.69) is 76.2 Å². The van der Waals surface area contributed by atoms with Crippen molar-refractivity contribution in [2.24, 2.45) is 0 Å². The highest BCUT2D eigenvalue weighted by molar-refractivity contribution is 6.99. The molecule has 0 heterocycles. The summed E-state index contributed by atoms with van der Waals surface area (Å²) in [6.07, 6.45) is 4.82. The summed E-state index contributed by atoms with van der Waals surface area (Å²) in [4.78, 5) is 11.8. The number of rotatable bonds is 14. The van der Waals surface area contributed by atoms with Crippen LogP contribution >= 0.6 is 0 Å². The van der Waals surface area contributed by atoms with Crippen LogP contribution in [-0.4, -0.2) is 40.7 Å². The molecule has 0 unspecified atom stereocenters. The largest absolute Gasteiger partial charge is 0.463 e. The van der Waals surface area contributed by atoms with E-state index in [0.717, 1.165) is 12.8 Å². The lowest BCUT2D eigenvalue weighted by atomic mass is 10.2. The second-order valence-electron chi connectivity index (χ2n) is 9.16. The Morgan fingerprint density at radius 2 is 1.34 bits per heavy atom. The van der Waals surface area contributed by atoms with Crippen molar-refractivity contribution in [2.75, 3.05) is 26.4 Å². The molecule has 0 N–H and O–H groups in total. The first-order valence-corrected chi connectivity index (χ1v) is 13.8. The molecule has 2 aromatic carbocycles. The SMILES string of the molecule is CCCCCCC(=O)OCCOCCO[Si](c1ccccc1)(c1ccccc1)C(C)(C)C. The minimum Gasteiger partial charge on any atom is -0.463 e. The van der Waals surface area contributed by atoms with Crippen molar-refractivity contribution in [3.8, 4) is 0 Å². The quantitative estimate of drug-likeness (QED) is 0.226. The van der Waals surface area contributed by atoms with Crippen molar-refractivity contribution in [2.45, 2.75) is 64.8 Å². The molecule has 0 aliphatic rings. The molecule has 0 aromatic heterocycles. The molecule has 0 saturated heterocycles. The standard InChI is InChI=1S/C27H40O4Si/c1-5-6-7-14-19-26(28)30-22-20-29-21-23-31-32(27(2,3)4,24-15-10-8-11-16-24)25-17-12-9-13-18-25/h8-13,15-18H,5-7,14,19-23H2,1-4H3. The highest BCUT2D eigenvalue weighted by Gasteiger charge is 2.49. The van der Waals surface area contributed by atoms with Crippen molar-refractivity contribution in [3.05, 3.63) is 60.7 Å². The molecule has 0 radical (unpaired) electrons. The molecule has 0 spiro atoms. The van der Waals surface area contributed by atoms with Crippen molar-refractivity contribution < 1.29 is 18.7 Å². The van der Waals surface area contributed by atoms with Crippen LogP contribution < -0.4 is 10.4 Å². The van der Waals surface area contributed by atoms with Crippen molar-refractivity contribution in [1.29, 1.82) is 0 Å². The maximum Gasteiger partial charge on any atom is 0.305 e. The summed E-state index contributed by atoms with van der Waals surface area (Å²) in [7, 11) is -2.52. The Morgan fingerprint density at radius 1 is 0.781 bits per heavy atom. The van der Waals surface area contributed by atoms with E-state index in [4.69, 9.17) is 13.9 Å². The zero-order valence-electron chi connectivity index (χ0n) is 20.3. The third kappa shape index (κ3) is 7.57. The van der Waals surface area contributed by atoms with Gasteiger partial charge >= 0.3 is 5.97 Å². The molecule has 2 aromatic rings. The van der Waals surface area contributed by atoms with Gasteiger partial charge in [-0.3, -0.25) is 4.79 Å². The van der Waals surface area contributed by atoms with E-state index >= 15 is 0 Å². The van der Waals surface area contributed by atoms with E-state index in [1.165, 1.54) is 23.2 Å². The smallest absolute Gasteiger partial charge is 0.305 e. The molecule has 176 valence electrons. The number of hydrogen-bond acceptors (Lipinski definition) is 4. The van der Waals surface area contributed by atoms with Gasteiger partial charge in [0.25, 0.3) is 8.32 Å². The molecule has 0 aliphatic heterocycles. The molecule has 0 amide bonds. The zero-order valence-corrected chi connectivity index (χ0v) is 21.3. The number of carbonyl (C=O) groups excluding carboxylic acids is 1. The highest BCUT2D eigenvalue weighted by Crippen LogP contribution is 2.36. The van der Waals surface area contributed by atoms with E-state index < -0.39 is 8.32 Å². The van der Waals surface area contributed by atoms with Gasteiger partial charge in [0.05, 0.1) is 19.8 Å². The first-order valence-electron chi connectivity index (χ1n) is 11.9. The maximum atomic E-state index is 11.8. The predicted octanol–water partition coefficient (Wildman–Crippen LogP) is 5.09. The van der Waals surface area contributed by atoms with Gasteiger partial charge in [-0.15, -0.1) is 0 Å². The molecule has 4 nitrogen and oxygen atoms in total. The van der Waals surface area contributed by atoms with Gasteiger partial charge in [0.15, 0.2) is 0 Å². The Hall–Kier alpha value is -1.95. The molecular formula is C27H40O4Si. The fraction of sp³-hybridized carbons (Fsp3) is 0.519. The number of esters is 1. The zero-order chi connectivity index (χ0) is 23.3. The third-order valence-electron chi connectivity index (χ3n) is 5.69. The minimum atomic E-state index is -2.52. The average molecular weight is 457 g/mol. The number of hydrogen-bond donors (Lipinski definition) is 0. The molecule has 0 bridgehead atoms. The Kier molecular flexibility index (Phi) is 11.1. The molecule has 32 heavy (non-hydrogen) atoms. The van der Waals surface area contributed by atoms with Gasteiger partial charge in [-0.1, -0.05) is 108 Å². The maximum absolute atomic E-state index is 11.8. The van der Waals surface area contributed by atoms with Crippen LogP contribution in [0.5, 0.6) is 0 Å². The van der Waals surface area contributed by atoms with Crippen LogP contribution in [0.4, 0.5) is 0 Å². The lowest BCUT2D eigenvalue weighted by Gasteiger charge is -2.43. The minimum absolute atomic E-state index is 0.0526. The number of benzene rings is 2. The molecule has 2 rings (SSSR count). The summed E-state index contributed by atoms with van der Waals surface area (Å²) in [5.41, 5.74) is 0. The first kappa shape index (κ1) is 26.3. The lowest BCUT2D eigenvalue weighted by molar-refractivity contribution is -0.145. The van der Waals surface area contributed by atoms with E-state index in [1.54, 1.807) is 0 Å². The first-order chi connectivity index (χ1) is 15.4. The average Bonchev–Trinajstić information content (AvgIpc) is 2.79. The van der Waals surface area contributed by atoms with E-state index in [9.17, 15) is 4.79 Å². The fourth-order valence-corrected chi connectivity index (χ4v) is 8.65. The third-order valence-corrected chi connectivity index (χ3v) is 10.7. The summed E-state index contributed by atoms with van der Waals surface area (Å²) in [6.45, 7) is 10.6. The van der Waals surface area contributed by atoms with Gasteiger partial charge in [0, 0.05) is 6.42 Å². The predicted molar refractivity (Wildman–Crippen MR) is 134 cm³/mol. The molecule has 0 fully saturated rings. The van der Waals surface area contributed by atoms with Crippen LogP contribution in [0.2, 0.25) is 5.04 Å². The van der Waals surface area contributed by atoms with Crippen LogP contribution in [0.25, 0.3) is 0 Å². The number of unbranched alkanes of at least 4 members (excludes halogenated alkanes) is 3. The summed E-state index contributed by atoms with van der Waals surface area (Å²) < 4.78 is 17.8. The van der Waals surface area contributed by atoms with Crippen molar-refractivity contribution in [1.82, 2.24) is 0 Å². The summed E-state index contributed by atoms with van der Waals surface area (Å²) in [5, 5.41) is 2.47. The van der Waals surface area contributed by atoms with Gasteiger partial charge in [-0.05, 0) is 21.8 Å². The van der Waals surface area contributed by atoms with Gasteiger partial charge in [-0.2, -0.15) is 0 Å². The molecule has 0 aliphatic carbocycles. The van der Waals surface area contributed by atoms with Crippen LogP contribution in [0, 0.1) is 0 Å². The monoisotopic (exact) mass is 456 g/mol. The van der Waals surface area contributed by atoms with Crippen molar-refractivity contribution >= 4 is 24.7 Å². The van der Waals surface area contributed by atoms with Crippen molar-refractivity contribution in [3.63, 3.8) is 0 Å². The van der Waals surface area contributed by atoms with E-state index in [-0.39, 0.29) is 11.0 Å². The summed E-state index contributed by atoms with van der Waals surface area (Å²) in [5.74, 6) is -0.131. The molecule has 5 heteroatoms. The topological polar surface area (TPSA) is 44.8 Å².